The SMILES string of the molecule is CCCC(CCC)/C(NC)=C1\CCCN(c2c(C)cc(C)cc2C)C1=N. The second-order valence-corrected chi connectivity index (χ2v) is 7.77. The molecule has 0 spiro atoms. The lowest BCUT2D eigenvalue weighted by molar-refractivity contribution is 0.476. The number of nitrogens with one attached hydrogen (secondary N) is 2. The predicted octanol–water partition coefficient (Wildman–Crippen LogP) is 5.88. The normalized spacial score (nSPS) is 17.0. The number of anilines is 1. The molecule has 1 aliphatic rings. The highest BCUT2D eigenvalue weighted by atomic mass is 15.2. The van der Waals surface area contributed by atoms with E-state index in [9.17, 15) is 0 Å². The van der Waals surface area contributed by atoms with Crippen LogP contribution in [0.25, 0.3) is 0 Å². The number of allylic oxidation sites excluding steroid dienone is 1. The Morgan fingerprint density at radius 1 is 1.12 bits per heavy atom. The fourth-order valence-electron chi connectivity index (χ4n) is 4.62. The van der Waals surface area contributed by atoms with E-state index in [1.807, 2.05) is 7.05 Å². The van der Waals surface area contributed by atoms with Crippen molar-refractivity contribution in [1.82, 2.24) is 5.32 Å². The summed E-state index contributed by atoms with van der Waals surface area (Å²) in [6, 6.07) is 4.48. The van der Waals surface area contributed by atoms with E-state index in [0.29, 0.717) is 11.8 Å². The van der Waals surface area contributed by atoms with Crippen LogP contribution in [0.5, 0.6) is 0 Å². The van der Waals surface area contributed by atoms with Crippen LogP contribution >= 0.6 is 0 Å². The average molecular weight is 356 g/mol. The minimum absolute atomic E-state index is 0.547. The molecule has 0 aromatic heterocycles. The molecule has 3 nitrogen and oxygen atoms in total. The van der Waals surface area contributed by atoms with Gasteiger partial charge in [-0.3, -0.25) is 5.41 Å². The van der Waals surface area contributed by atoms with Gasteiger partial charge in [-0.05, 0) is 63.5 Å². The third kappa shape index (κ3) is 4.31. The number of benzene rings is 1. The maximum absolute atomic E-state index is 9.01. The first-order valence-electron chi connectivity index (χ1n) is 10.3. The lowest BCUT2D eigenvalue weighted by Crippen LogP contribution is -2.39. The number of nitrogens with zero attached hydrogens (tertiary/aromatic N) is 1. The highest BCUT2D eigenvalue weighted by molar-refractivity contribution is 6.09. The number of amidine groups is 1. The van der Waals surface area contributed by atoms with Gasteiger partial charge < -0.3 is 10.2 Å². The lowest BCUT2D eigenvalue weighted by Gasteiger charge is -2.36. The minimum atomic E-state index is 0.547. The van der Waals surface area contributed by atoms with Gasteiger partial charge in [-0.1, -0.05) is 44.4 Å². The molecule has 2 N–H and O–H groups in total. The molecule has 0 amide bonds. The molecule has 1 aromatic rings. The topological polar surface area (TPSA) is 39.1 Å². The van der Waals surface area contributed by atoms with Crippen molar-refractivity contribution in [2.24, 2.45) is 5.92 Å². The number of aryl methyl sites for hydroxylation is 3. The Balaban J connectivity index is 2.45. The molecular weight excluding hydrogens is 318 g/mol. The van der Waals surface area contributed by atoms with Crippen LogP contribution in [-0.4, -0.2) is 19.4 Å². The number of hydrogen-bond acceptors (Lipinski definition) is 2. The van der Waals surface area contributed by atoms with Crippen molar-refractivity contribution in [3.05, 3.63) is 40.1 Å². The molecule has 1 aliphatic heterocycles. The minimum Gasteiger partial charge on any atom is -0.391 e. The zero-order valence-corrected chi connectivity index (χ0v) is 17.6. The van der Waals surface area contributed by atoms with E-state index >= 15 is 0 Å². The van der Waals surface area contributed by atoms with E-state index in [1.165, 1.54) is 59.3 Å². The molecule has 0 radical (unpaired) electrons. The monoisotopic (exact) mass is 355 g/mol. The fourth-order valence-corrected chi connectivity index (χ4v) is 4.62. The molecule has 1 saturated heterocycles. The molecule has 1 fully saturated rings. The maximum Gasteiger partial charge on any atom is 0.130 e. The first kappa shape index (κ1) is 20.5. The van der Waals surface area contributed by atoms with Crippen LogP contribution in [0.4, 0.5) is 5.69 Å². The summed E-state index contributed by atoms with van der Waals surface area (Å²) in [4.78, 5) is 2.25. The second kappa shape index (κ2) is 9.25. The zero-order valence-electron chi connectivity index (χ0n) is 17.6. The molecule has 26 heavy (non-hydrogen) atoms. The summed E-state index contributed by atoms with van der Waals surface area (Å²) in [7, 11) is 2.04. The third-order valence-electron chi connectivity index (χ3n) is 5.55. The smallest absolute Gasteiger partial charge is 0.130 e. The van der Waals surface area contributed by atoms with Crippen LogP contribution in [0.2, 0.25) is 0 Å². The van der Waals surface area contributed by atoms with Gasteiger partial charge in [-0.25, -0.2) is 0 Å². The van der Waals surface area contributed by atoms with Crippen LogP contribution in [0.3, 0.4) is 0 Å². The van der Waals surface area contributed by atoms with Crippen LogP contribution in [0, 0.1) is 32.1 Å². The van der Waals surface area contributed by atoms with Gasteiger partial charge in [-0.15, -0.1) is 0 Å². The van der Waals surface area contributed by atoms with E-state index in [0.717, 1.165) is 19.4 Å². The predicted molar refractivity (Wildman–Crippen MR) is 114 cm³/mol. The summed E-state index contributed by atoms with van der Waals surface area (Å²) in [6.45, 7) is 12.0. The summed E-state index contributed by atoms with van der Waals surface area (Å²) in [5, 5.41) is 12.5. The van der Waals surface area contributed by atoms with Crippen LogP contribution in [0.15, 0.2) is 23.4 Å². The molecule has 0 bridgehead atoms. The van der Waals surface area contributed by atoms with E-state index in [-0.39, 0.29) is 0 Å². The summed E-state index contributed by atoms with van der Waals surface area (Å²) in [5.74, 6) is 1.25. The fraction of sp³-hybridized carbons (Fsp3) is 0.609. The highest BCUT2D eigenvalue weighted by Gasteiger charge is 2.28. The van der Waals surface area contributed by atoms with Crippen molar-refractivity contribution in [3.63, 3.8) is 0 Å². The van der Waals surface area contributed by atoms with Crippen LogP contribution in [0.1, 0.15) is 69.1 Å². The van der Waals surface area contributed by atoms with Crippen molar-refractivity contribution in [2.75, 3.05) is 18.5 Å². The molecule has 1 aromatic carbocycles. The Morgan fingerprint density at radius 2 is 1.69 bits per heavy atom. The van der Waals surface area contributed by atoms with E-state index < -0.39 is 0 Å². The van der Waals surface area contributed by atoms with Crippen LogP contribution in [-0.2, 0) is 0 Å². The summed E-state index contributed by atoms with van der Waals surface area (Å²) >= 11 is 0. The first-order valence-corrected chi connectivity index (χ1v) is 10.3. The second-order valence-electron chi connectivity index (χ2n) is 7.77. The zero-order chi connectivity index (χ0) is 19.3. The Hall–Kier alpha value is -1.77. The van der Waals surface area contributed by atoms with E-state index in [4.69, 9.17) is 5.41 Å². The highest BCUT2D eigenvalue weighted by Crippen LogP contribution is 2.34. The van der Waals surface area contributed by atoms with Gasteiger partial charge in [0.1, 0.15) is 5.84 Å². The number of rotatable bonds is 7. The van der Waals surface area contributed by atoms with Gasteiger partial charge in [0.25, 0.3) is 0 Å². The summed E-state index contributed by atoms with van der Waals surface area (Å²) < 4.78 is 0. The molecular formula is C23H37N3. The Bertz CT molecular complexity index is 643. The van der Waals surface area contributed by atoms with Crippen molar-refractivity contribution >= 4 is 11.5 Å². The van der Waals surface area contributed by atoms with E-state index in [1.54, 1.807) is 0 Å². The molecule has 0 saturated carbocycles. The van der Waals surface area contributed by atoms with Crippen molar-refractivity contribution in [2.45, 2.75) is 73.1 Å². The van der Waals surface area contributed by atoms with Crippen LogP contribution < -0.4 is 10.2 Å². The average Bonchev–Trinajstić information content (AvgIpc) is 2.58. The summed E-state index contributed by atoms with van der Waals surface area (Å²) in [6.07, 6.45) is 6.90. The molecule has 1 heterocycles. The standard InChI is InChI=1S/C23H37N3/c1-7-10-19(11-8-2)21(25-6)20-12-9-13-26(23(20)24)22-17(4)14-16(3)15-18(22)5/h14-15,19,24-25H,7-13H2,1-6H3/b21-20-,24-23?. The molecule has 0 unspecified atom stereocenters. The van der Waals surface area contributed by atoms with Gasteiger partial charge >= 0.3 is 0 Å². The molecule has 3 heteroatoms. The molecule has 0 atom stereocenters. The molecule has 2 rings (SSSR count). The first-order chi connectivity index (χ1) is 12.4. The maximum atomic E-state index is 9.01. The lowest BCUT2D eigenvalue weighted by atomic mass is 9.88. The van der Waals surface area contributed by atoms with Gasteiger partial charge in [0.2, 0.25) is 0 Å². The van der Waals surface area contributed by atoms with Gasteiger partial charge in [0.15, 0.2) is 0 Å². The Morgan fingerprint density at radius 3 is 2.19 bits per heavy atom. The van der Waals surface area contributed by atoms with Gasteiger partial charge in [0, 0.05) is 30.5 Å². The third-order valence-corrected chi connectivity index (χ3v) is 5.55. The Kier molecular flexibility index (Phi) is 7.31. The molecule has 0 aliphatic carbocycles. The quantitative estimate of drug-likeness (QED) is 0.641. The van der Waals surface area contributed by atoms with Crippen molar-refractivity contribution < 1.29 is 0 Å². The number of piperidine rings is 1. The van der Waals surface area contributed by atoms with Gasteiger partial charge in [-0.2, -0.15) is 0 Å². The van der Waals surface area contributed by atoms with Crippen molar-refractivity contribution in [1.29, 1.82) is 5.41 Å². The molecule has 144 valence electrons. The largest absolute Gasteiger partial charge is 0.391 e. The Labute approximate surface area is 160 Å². The van der Waals surface area contributed by atoms with E-state index in [2.05, 4.69) is 57.0 Å². The summed E-state index contributed by atoms with van der Waals surface area (Å²) in [5.41, 5.74) is 7.62. The van der Waals surface area contributed by atoms with Gasteiger partial charge in [0.05, 0.1) is 0 Å². The number of hydrogen-bond donors (Lipinski definition) is 2. The van der Waals surface area contributed by atoms with Crippen molar-refractivity contribution in [3.8, 4) is 0 Å².